The molecule has 0 aliphatic carbocycles. The molecule has 13 heteroatoms. The standard InChI is InChI=1S/C24H28F4N4O5/c1-23(2,3)37-22(35)32-12-20(33)29-18-11-30(7-6-19(18)32)21(34)31-9-16(10-31)36-13-14-4-5-15(8-17(14)25)24(26,27)28/h4-5,8,16H,6-7,9-13H2,1-3H3,(H,29,33). The number of urea groups is 1. The minimum Gasteiger partial charge on any atom is -0.443 e. The topological polar surface area (TPSA) is 91.4 Å². The number of benzene rings is 1. The molecule has 4 rings (SSSR count). The van der Waals surface area contributed by atoms with Crippen molar-refractivity contribution in [2.75, 3.05) is 32.7 Å². The second-order valence-electron chi connectivity index (χ2n) is 10.1. The van der Waals surface area contributed by atoms with Crippen molar-refractivity contribution in [3.8, 4) is 0 Å². The number of rotatable bonds is 3. The molecule has 3 heterocycles. The maximum atomic E-state index is 14.0. The molecule has 0 radical (unpaired) electrons. The Labute approximate surface area is 210 Å². The normalized spacial score (nSPS) is 18.9. The molecule has 3 aliphatic rings. The van der Waals surface area contributed by atoms with Crippen LogP contribution in [0.1, 0.15) is 38.3 Å². The number of carbonyl (C=O) groups excluding carboxylic acids is 3. The molecule has 9 nitrogen and oxygen atoms in total. The van der Waals surface area contributed by atoms with E-state index in [9.17, 15) is 31.9 Å². The van der Waals surface area contributed by atoms with Crippen LogP contribution in [0.4, 0.5) is 27.2 Å². The minimum atomic E-state index is -4.63. The molecular formula is C24H28F4N4O5. The summed E-state index contributed by atoms with van der Waals surface area (Å²) < 4.78 is 63.0. The highest BCUT2D eigenvalue weighted by Gasteiger charge is 2.39. The predicted molar refractivity (Wildman–Crippen MR) is 121 cm³/mol. The lowest BCUT2D eigenvalue weighted by Gasteiger charge is -2.44. The van der Waals surface area contributed by atoms with Gasteiger partial charge in [-0.25, -0.2) is 14.0 Å². The molecule has 0 spiro atoms. The number of ether oxygens (including phenoxy) is 2. The van der Waals surface area contributed by atoms with Gasteiger partial charge in [0.2, 0.25) is 5.91 Å². The number of amides is 4. The molecule has 0 bridgehead atoms. The van der Waals surface area contributed by atoms with Gasteiger partial charge in [0, 0.05) is 24.2 Å². The van der Waals surface area contributed by atoms with Crippen LogP contribution in [0.3, 0.4) is 0 Å². The van der Waals surface area contributed by atoms with E-state index >= 15 is 0 Å². The van der Waals surface area contributed by atoms with Gasteiger partial charge in [0.25, 0.3) is 0 Å². The molecule has 1 aromatic carbocycles. The van der Waals surface area contributed by atoms with Crippen LogP contribution in [-0.2, 0) is 27.1 Å². The predicted octanol–water partition coefficient (Wildman–Crippen LogP) is 3.45. The van der Waals surface area contributed by atoms with Crippen LogP contribution in [0.15, 0.2) is 29.6 Å². The Morgan fingerprint density at radius 3 is 2.43 bits per heavy atom. The van der Waals surface area contributed by atoms with E-state index in [-0.39, 0.29) is 56.4 Å². The fourth-order valence-electron chi connectivity index (χ4n) is 4.21. The molecule has 1 N–H and O–H groups in total. The number of hydrogen-bond donors (Lipinski definition) is 1. The van der Waals surface area contributed by atoms with E-state index in [1.54, 1.807) is 25.7 Å². The molecule has 1 fully saturated rings. The minimum absolute atomic E-state index is 0.00384. The van der Waals surface area contributed by atoms with Crippen molar-refractivity contribution in [2.45, 2.75) is 51.7 Å². The Morgan fingerprint density at radius 1 is 1.11 bits per heavy atom. The fourth-order valence-corrected chi connectivity index (χ4v) is 4.21. The Balaban J connectivity index is 1.30. The molecular weight excluding hydrogens is 500 g/mol. The lowest BCUT2D eigenvalue weighted by Crippen LogP contribution is -2.60. The molecule has 0 saturated carbocycles. The molecule has 4 amide bonds. The van der Waals surface area contributed by atoms with E-state index in [1.807, 2.05) is 0 Å². The zero-order valence-corrected chi connectivity index (χ0v) is 20.7. The molecule has 0 unspecified atom stereocenters. The summed E-state index contributed by atoms with van der Waals surface area (Å²) in [7, 11) is 0. The van der Waals surface area contributed by atoms with Gasteiger partial charge in [0.15, 0.2) is 0 Å². The summed E-state index contributed by atoms with van der Waals surface area (Å²) in [5.41, 5.74) is -0.723. The van der Waals surface area contributed by atoms with E-state index in [1.165, 1.54) is 9.80 Å². The first-order chi connectivity index (χ1) is 17.2. The van der Waals surface area contributed by atoms with Crippen LogP contribution in [0.5, 0.6) is 0 Å². The highest BCUT2D eigenvalue weighted by Crippen LogP contribution is 2.31. The number of nitrogens with one attached hydrogen (secondary N) is 1. The number of nitrogens with zero attached hydrogens (tertiary/aromatic N) is 3. The summed E-state index contributed by atoms with van der Waals surface area (Å²) in [6, 6.07) is 1.99. The second kappa shape index (κ2) is 9.84. The molecule has 202 valence electrons. The van der Waals surface area contributed by atoms with Gasteiger partial charge >= 0.3 is 18.3 Å². The van der Waals surface area contributed by atoms with Gasteiger partial charge in [-0.05, 0) is 32.9 Å². The van der Waals surface area contributed by atoms with Crippen molar-refractivity contribution in [2.24, 2.45) is 0 Å². The number of alkyl halides is 3. The third kappa shape index (κ3) is 6.14. The van der Waals surface area contributed by atoms with Gasteiger partial charge in [0.05, 0.1) is 43.6 Å². The highest BCUT2D eigenvalue weighted by atomic mass is 19.4. The van der Waals surface area contributed by atoms with Crippen LogP contribution in [-0.4, -0.2) is 77.2 Å². The summed E-state index contributed by atoms with van der Waals surface area (Å²) in [5.74, 6) is -1.39. The maximum absolute atomic E-state index is 14.0. The molecule has 3 aliphatic heterocycles. The van der Waals surface area contributed by atoms with Gasteiger partial charge in [-0.15, -0.1) is 0 Å². The number of hydrogen-bond acceptors (Lipinski definition) is 5. The van der Waals surface area contributed by atoms with Crippen LogP contribution in [0, 0.1) is 5.82 Å². The van der Waals surface area contributed by atoms with Crippen molar-refractivity contribution in [1.29, 1.82) is 0 Å². The van der Waals surface area contributed by atoms with E-state index in [0.717, 1.165) is 12.1 Å². The number of halogens is 4. The van der Waals surface area contributed by atoms with Crippen molar-refractivity contribution in [1.82, 2.24) is 20.0 Å². The van der Waals surface area contributed by atoms with E-state index in [2.05, 4.69) is 5.32 Å². The van der Waals surface area contributed by atoms with Crippen molar-refractivity contribution in [3.05, 3.63) is 46.5 Å². The first-order valence-corrected chi connectivity index (χ1v) is 11.7. The zero-order chi connectivity index (χ0) is 27.1. The third-order valence-electron chi connectivity index (χ3n) is 6.09. The van der Waals surface area contributed by atoms with Crippen LogP contribution < -0.4 is 5.32 Å². The summed E-state index contributed by atoms with van der Waals surface area (Å²) in [4.78, 5) is 42.1. The second-order valence-corrected chi connectivity index (χ2v) is 10.1. The van der Waals surface area contributed by atoms with Gasteiger partial charge in [-0.1, -0.05) is 6.07 Å². The van der Waals surface area contributed by atoms with Crippen molar-refractivity contribution in [3.63, 3.8) is 0 Å². The van der Waals surface area contributed by atoms with Gasteiger partial charge in [-0.3, -0.25) is 9.69 Å². The molecule has 1 aromatic rings. The zero-order valence-electron chi connectivity index (χ0n) is 20.7. The summed E-state index contributed by atoms with van der Waals surface area (Å²) in [6.45, 7) is 5.72. The van der Waals surface area contributed by atoms with Crippen molar-refractivity contribution < 1.29 is 41.4 Å². The monoisotopic (exact) mass is 528 g/mol. The van der Waals surface area contributed by atoms with Gasteiger partial charge in [0.1, 0.15) is 18.0 Å². The smallest absolute Gasteiger partial charge is 0.416 e. The summed E-state index contributed by atoms with van der Waals surface area (Å²) in [5, 5.41) is 2.74. The Morgan fingerprint density at radius 2 is 1.81 bits per heavy atom. The van der Waals surface area contributed by atoms with E-state index in [0.29, 0.717) is 30.4 Å². The van der Waals surface area contributed by atoms with Gasteiger partial charge in [-0.2, -0.15) is 13.2 Å². The Bertz CT molecular complexity index is 1130. The fraction of sp³-hybridized carbons (Fsp3) is 0.542. The molecule has 0 atom stereocenters. The maximum Gasteiger partial charge on any atom is 0.416 e. The third-order valence-corrected chi connectivity index (χ3v) is 6.09. The number of likely N-dealkylation sites (tertiary alicyclic amines) is 1. The molecule has 1 saturated heterocycles. The van der Waals surface area contributed by atoms with E-state index in [4.69, 9.17) is 9.47 Å². The van der Waals surface area contributed by atoms with Crippen molar-refractivity contribution >= 4 is 18.0 Å². The van der Waals surface area contributed by atoms with Gasteiger partial charge < -0.3 is 24.6 Å². The quantitative estimate of drug-likeness (QED) is 0.607. The molecule has 37 heavy (non-hydrogen) atoms. The highest BCUT2D eigenvalue weighted by molar-refractivity contribution is 5.87. The van der Waals surface area contributed by atoms with Crippen LogP contribution >= 0.6 is 0 Å². The summed E-state index contributed by atoms with van der Waals surface area (Å²) in [6.07, 6.45) is -5.29. The number of carbonyl (C=O) groups is 3. The van der Waals surface area contributed by atoms with Crippen LogP contribution in [0.25, 0.3) is 0 Å². The largest absolute Gasteiger partial charge is 0.443 e. The van der Waals surface area contributed by atoms with E-state index < -0.39 is 29.3 Å². The first kappa shape index (κ1) is 26.7. The Hall–Kier alpha value is -3.35. The van der Waals surface area contributed by atoms with Crippen LogP contribution in [0.2, 0.25) is 0 Å². The first-order valence-electron chi connectivity index (χ1n) is 11.7. The molecule has 0 aromatic heterocycles. The average Bonchev–Trinajstić information content (AvgIpc) is 2.75. The Kier molecular flexibility index (Phi) is 7.10. The summed E-state index contributed by atoms with van der Waals surface area (Å²) >= 11 is 0. The lowest BCUT2D eigenvalue weighted by molar-refractivity contribution is -0.137. The average molecular weight is 529 g/mol. The SMILES string of the molecule is CC(C)(C)OC(=O)N1CC(=O)NC2=C1CCN(C(=O)N1CC(OCc3ccc(C(F)(F)F)cc3F)C1)C2. The lowest BCUT2D eigenvalue weighted by atomic mass is 10.1.